The molecule has 0 saturated heterocycles. The van der Waals surface area contributed by atoms with Gasteiger partial charge in [0.1, 0.15) is 0 Å². The third-order valence-corrected chi connectivity index (χ3v) is 31.9. The summed E-state index contributed by atoms with van der Waals surface area (Å²) in [6, 6.07) is 5.54. The normalized spacial score (nSPS) is 25.6. The first-order valence-corrected chi connectivity index (χ1v) is 54.1. The second kappa shape index (κ2) is 78.8. The van der Waals surface area contributed by atoms with Crippen LogP contribution < -0.4 is 24.8 Å². The van der Waals surface area contributed by atoms with Crippen molar-refractivity contribution < 1.29 is 45.2 Å². The fourth-order valence-corrected chi connectivity index (χ4v) is 22.3. The van der Waals surface area contributed by atoms with E-state index in [0.717, 1.165) is 26.4 Å². The Hall–Kier alpha value is 0.614. The van der Waals surface area contributed by atoms with E-state index in [-0.39, 0.29) is 24.8 Å². The number of nitrogens with zero attached hydrogens (tertiary/aromatic N) is 4. The van der Waals surface area contributed by atoms with Gasteiger partial charge in [-0.1, -0.05) is 565 Å². The summed E-state index contributed by atoms with van der Waals surface area (Å²) in [6.07, 6.45) is 127. The summed E-state index contributed by atoms with van der Waals surface area (Å²) < 4.78 is 1.74. The molecule has 0 spiro atoms. The molecule has 9 rings (SSSR count). The smallest absolute Gasteiger partial charge is 1.00 e. The van der Waals surface area contributed by atoms with Crippen LogP contribution in [0.4, 0.5) is 0 Å². The molecular formula is C105H200Cl2N4Ti-7. The third kappa shape index (κ3) is 60.2. The topological polar surface area (TPSA) is 56.4 Å². The van der Waals surface area contributed by atoms with Crippen molar-refractivity contribution in [3.8, 4) is 0 Å². The summed E-state index contributed by atoms with van der Waals surface area (Å²) in [4.78, 5) is 0. The predicted molar refractivity (Wildman–Crippen MR) is 494 cm³/mol. The van der Waals surface area contributed by atoms with E-state index in [1.54, 1.807) is 20.6 Å². The standard InChI is InChI=1S/4C24H46N.C9H13.2ClH.Ti.3H/c4*1-3-7-11-15-19-23(20-16-12-8-4-1)25-24-21-17-13-9-5-2-6-10-14-18-22-24;1-6-5-7(2)9(4)8(6)3;;;;;;/h4*23-24H,1-22H2;6H,1-4H3;2*1H;;;;/q4*-1;;;;-1;;;/p-2. The van der Waals surface area contributed by atoms with Crippen LogP contribution in [-0.2, 0) is 20.4 Å². The zero-order valence-electron chi connectivity index (χ0n) is 77.0. The molecular weight excluding hydrogens is 1440 g/mol. The molecule has 0 aliphatic heterocycles. The van der Waals surface area contributed by atoms with Crippen LogP contribution in [0.25, 0.3) is 21.3 Å². The first kappa shape index (κ1) is 107. The summed E-state index contributed by atoms with van der Waals surface area (Å²) in [5.74, 6) is 0.778. The van der Waals surface area contributed by atoms with E-state index in [9.17, 15) is 0 Å². The Balaban J connectivity index is 0.000000369. The van der Waals surface area contributed by atoms with Crippen molar-refractivity contribution in [3.63, 3.8) is 0 Å². The van der Waals surface area contributed by atoms with Crippen molar-refractivity contribution in [1.82, 2.24) is 0 Å². The molecule has 0 bridgehead atoms. The second-order valence-electron chi connectivity index (χ2n) is 39.2. The van der Waals surface area contributed by atoms with Crippen molar-refractivity contribution in [3.05, 3.63) is 41.9 Å². The van der Waals surface area contributed by atoms with Crippen LogP contribution >= 0.6 is 0 Å². The summed E-state index contributed by atoms with van der Waals surface area (Å²) in [7, 11) is 0. The minimum absolute atomic E-state index is 0. The van der Waals surface area contributed by atoms with E-state index in [2.05, 4.69) is 27.7 Å². The molecule has 0 N–H and O–H groups in total. The monoisotopic (exact) mass is 1640 g/mol. The molecule has 1 atom stereocenters. The largest absolute Gasteiger partial charge is 1.00 e. The van der Waals surface area contributed by atoms with Gasteiger partial charge in [0.2, 0.25) is 0 Å². The Morgan fingerprint density at radius 2 is 0.250 bits per heavy atom. The fraction of sp³-hybridized carbons (Fsp3) is 0.962. The molecule has 0 aromatic heterocycles. The predicted octanol–water partition coefficient (Wildman–Crippen LogP) is 30.8. The van der Waals surface area contributed by atoms with Gasteiger partial charge in [-0.2, -0.15) is 0 Å². The van der Waals surface area contributed by atoms with E-state index in [1.807, 2.05) is 0 Å². The summed E-state index contributed by atoms with van der Waals surface area (Å²) in [6.45, 7) is 9.11. The van der Waals surface area contributed by atoms with Crippen molar-refractivity contribution in [2.45, 2.75) is 641 Å². The Morgan fingerprint density at radius 1 is 0.161 bits per heavy atom. The summed E-state index contributed by atoms with van der Waals surface area (Å²) >= 11 is 0.884. The minimum Gasteiger partial charge on any atom is -1.00 e. The van der Waals surface area contributed by atoms with Gasteiger partial charge in [-0.05, 0) is 0 Å². The van der Waals surface area contributed by atoms with Crippen LogP contribution in [0.2, 0.25) is 0 Å². The first-order valence-electron chi connectivity index (χ1n) is 52.5. The van der Waals surface area contributed by atoms with Gasteiger partial charge in [0.05, 0.1) is 0 Å². The van der Waals surface area contributed by atoms with E-state index in [0.29, 0.717) is 48.3 Å². The zero-order chi connectivity index (χ0) is 77.6. The van der Waals surface area contributed by atoms with E-state index < -0.39 is 0 Å². The maximum Gasteiger partial charge on any atom is -1.00 e. The SMILES string of the molecule is C1CCCCCC([N-]C2CCCCCCCCCCC2)CCCCC1.C1CCCCCC([N-]C2CCCCCCCCCCC2)CCCCC1.C1CCCCCC([N-]C2CCCCCCCCCCC2)CCCCC1.C1CCCCCC([N-]C2CCCCCCCCCCC2)CCCCC1.CC1=C(C)C(C)[C]([TiH3-])=C1C.[Cl-].[Cl-]. The number of halogens is 2. The van der Waals surface area contributed by atoms with Crippen molar-refractivity contribution in [2.75, 3.05) is 0 Å². The molecule has 9 aliphatic carbocycles. The van der Waals surface area contributed by atoms with Crippen molar-refractivity contribution in [1.29, 1.82) is 0 Å². The molecule has 112 heavy (non-hydrogen) atoms. The molecule has 7 heteroatoms. The maximum absolute atomic E-state index is 5.45. The molecule has 0 aromatic carbocycles. The van der Waals surface area contributed by atoms with E-state index in [4.69, 9.17) is 21.3 Å². The number of hydrogen-bond acceptors (Lipinski definition) is 0. The average molecular weight is 1640 g/mol. The van der Waals surface area contributed by atoms with Gasteiger partial charge in [0.15, 0.2) is 0 Å². The molecule has 0 heterocycles. The minimum atomic E-state index is 0. The van der Waals surface area contributed by atoms with Crippen LogP contribution in [-0.4, -0.2) is 48.3 Å². The fourth-order valence-electron chi connectivity index (χ4n) is 21.1. The van der Waals surface area contributed by atoms with Gasteiger partial charge in [-0.3, -0.25) is 0 Å². The van der Waals surface area contributed by atoms with Gasteiger partial charge in [0.25, 0.3) is 0 Å². The molecule has 0 amide bonds. The maximum atomic E-state index is 5.45. The van der Waals surface area contributed by atoms with Crippen LogP contribution in [0, 0.1) is 5.92 Å². The molecule has 9 aliphatic rings. The molecule has 4 nitrogen and oxygen atoms in total. The average Bonchev–Trinajstić information content (AvgIpc) is 1.69. The van der Waals surface area contributed by atoms with Gasteiger partial charge in [-0.25, -0.2) is 0 Å². The molecule has 8 fully saturated rings. The Morgan fingerprint density at radius 3 is 0.312 bits per heavy atom. The summed E-state index contributed by atoms with van der Waals surface area (Å²) in [5, 5.41) is 21.8. The van der Waals surface area contributed by atoms with Crippen molar-refractivity contribution >= 4 is 0 Å². The third-order valence-electron chi connectivity index (χ3n) is 29.3. The van der Waals surface area contributed by atoms with Gasteiger partial charge >= 0.3 is 74.6 Å². The second-order valence-corrected chi connectivity index (χ2v) is 40.9. The first-order chi connectivity index (χ1) is 54.4. The Bertz CT molecular complexity index is 1580. The van der Waals surface area contributed by atoms with Crippen LogP contribution in [0.1, 0.15) is 593 Å². The van der Waals surface area contributed by atoms with Crippen LogP contribution in [0.3, 0.4) is 0 Å². The summed E-state index contributed by atoms with van der Waals surface area (Å²) in [5.41, 5.74) is 4.74. The zero-order valence-corrected chi connectivity index (χ0v) is 81.6. The number of hydrogen-bond donors (Lipinski definition) is 0. The van der Waals surface area contributed by atoms with Gasteiger partial charge in [0, 0.05) is 0 Å². The van der Waals surface area contributed by atoms with Gasteiger partial charge < -0.3 is 46.1 Å². The molecule has 8 saturated carbocycles. The molecule has 0 radical (unpaired) electrons. The van der Waals surface area contributed by atoms with Crippen molar-refractivity contribution in [2.24, 2.45) is 5.92 Å². The van der Waals surface area contributed by atoms with E-state index >= 15 is 0 Å². The molecule has 1 unspecified atom stereocenters. The number of allylic oxidation sites excluding steroid dienone is 4. The van der Waals surface area contributed by atoms with Crippen LogP contribution in [0.5, 0.6) is 0 Å². The molecule has 665 valence electrons. The number of rotatable bonds is 8. The van der Waals surface area contributed by atoms with Gasteiger partial charge in [-0.15, -0.1) is 48.3 Å². The quantitative estimate of drug-likeness (QED) is 0.218. The Labute approximate surface area is 728 Å². The Kier molecular flexibility index (Phi) is 75.2. The van der Waals surface area contributed by atoms with Crippen LogP contribution in [0.15, 0.2) is 20.6 Å². The molecule has 0 aromatic rings. The van der Waals surface area contributed by atoms with E-state index in [1.165, 1.54) is 565 Å².